The smallest absolute Gasteiger partial charge is 0.266 e. The van der Waals surface area contributed by atoms with E-state index in [0.29, 0.717) is 21.4 Å². The molecule has 0 fully saturated rings. The number of aromatic nitrogens is 3. The summed E-state index contributed by atoms with van der Waals surface area (Å²) >= 11 is 7.00. The van der Waals surface area contributed by atoms with Gasteiger partial charge in [0.1, 0.15) is 4.90 Å². The molecule has 13 heteroatoms. The van der Waals surface area contributed by atoms with Crippen molar-refractivity contribution in [3.63, 3.8) is 0 Å². The molecule has 3 rings (SSSR count). The van der Waals surface area contributed by atoms with Crippen LogP contribution in [0.4, 0.5) is 10.3 Å². The van der Waals surface area contributed by atoms with Gasteiger partial charge in [-0.05, 0) is 24.6 Å². The Morgan fingerprint density at radius 3 is 2.61 bits per heavy atom. The molecule has 9 nitrogen and oxygen atoms in total. The first-order valence-corrected chi connectivity index (χ1v) is 12.1. The van der Waals surface area contributed by atoms with Gasteiger partial charge < -0.3 is 14.5 Å². The quantitative estimate of drug-likeness (QED) is 0.301. The number of anilines is 1. The minimum atomic E-state index is -4.18. The maximum absolute atomic E-state index is 13.9. The van der Waals surface area contributed by atoms with Crippen LogP contribution in [0.3, 0.4) is 0 Å². The number of nitrogens with one attached hydrogen (secondary N) is 2. The average molecular weight is 512 g/mol. The molecule has 0 saturated heterocycles. The Morgan fingerprint density at radius 2 is 2.03 bits per heavy atom. The molecule has 1 atom stereocenters. The number of hydrogen-bond donors (Lipinski definition) is 2. The van der Waals surface area contributed by atoms with E-state index in [1.807, 2.05) is 6.07 Å². The molecule has 0 spiro atoms. The Kier molecular flexibility index (Phi) is 7.68. The Labute approximate surface area is 199 Å². The number of rotatable bonds is 10. The first-order valence-electron chi connectivity index (χ1n) is 9.37. The van der Waals surface area contributed by atoms with Crippen LogP contribution < -0.4 is 14.2 Å². The third-order valence-electron chi connectivity index (χ3n) is 4.46. The lowest BCUT2D eigenvalue weighted by Crippen LogP contribution is -2.16. The van der Waals surface area contributed by atoms with E-state index in [1.54, 1.807) is 0 Å². The first kappa shape index (κ1) is 24.6. The number of sulfonamides is 1. The second-order valence-electron chi connectivity index (χ2n) is 6.46. The molecular formula is C20H19ClFN5O4S2. The van der Waals surface area contributed by atoms with Crippen molar-refractivity contribution in [3.05, 3.63) is 41.6 Å². The van der Waals surface area contributed by atoms with E-state index in [1.165, 1.54) is 32.5 Å². The number of thioether (sulfide) groups is 1. The molecule has 0 bridgehead atoms. The van der Waals surface area contributed by atoms with Crippen LogP contribution in [0.2, 0.25) is 5.02 Å². The van der Waals surface area contributed by atoms with E-state index in [4.69, 9.17) is 26.3 Å². The number of alkyl halides is 1. The molecule has 2 aromatic heterocycles. The van der Waals surface area contributed by atoms with Crippen molar-refractivity contribution in [2.24, 2.45) is 0 Å². The molecule has 1 unspecified atom stereocenters. The maximum atomic E-state index is 13.9. The summed E-state index contributed by atoms with van der Waals surface area (Å²) in [5.74, 6) is -0.118. The molecule has 174 valence electrons. The highest BCUT2D eigenvalue weighted by Crippen LogP contribution is 2.39. The molecule has 0 radical (unpaired) electrons. The summed E-state index contributed by atoms with van der Waals surface area (Å²) in [5, 5.41) is 9.42. The zero-order chi connectivity index (χ0) is 24.2. The molecular weight excluding hydrogens is 493 g/mol. The maximum Gasteiger partial charge on any atom is 0.266 e. The van der Waals surface area contributed by atoms with Gasteiger partial charge in [0.2, 0.25) is 17.7 Å². The molecule has 0 saturated carbocycles. The normalized spacial score (nSPS) is 12.2. The summed E-state index contributed by atoms with van der Waals surface area (Å²) in [6, 6.07) is 5.01. The molecule has 0 aliphatic rings. The number of aromatic amines is 1. The third kappa shape index (κ3) is 5.16. The van der Waals surface area contributed by atoms with Crippen LogP contribution in [0.5, 0.6) is 11.8 Å². The molecule has 0 amide bonds. The predicted molar refractivity (Wildman–Crippen MR) is 124 cm³/mol. The molecule has 2 heterocycles. The van der Waals surface area contributed by atoms with Gasteiger partial charge in [-0.25, -0.2) is 17.5 Å². The number of benzene rings is 1. The number of nitriles is 1. The minimum Gasteiger partial charge on any atom is -0.481 e. The van der Waals surface area contributed by atoms with Gasteiger partial charge in [0.05, 0.1) is 41.3 Å². The summed E-state index contributed by atoms with van der Waals surface area (Å²) < 4.78 is 53.0. The van der Waals surface area contributed by atoms with Crippen LogP contribution in [0, 0.1) is 11.3 Å². The highest BCUT2D eigenvalue weighted by Gasteiger charge is 2.25. The highest BCUT2D eigenvalue weighted by atomic mass is 35.5. The Morgan fingerprint density at radius 1 is 1.36 bits per heavy atom. The van der Waals surface area contributed by atoms with Gasteiger partial charge >= 0.3 is 0 Å². The fourth-order valence-corrected chi connectivity index (χ4v) is 5.21. The number of hydrogen-bond acceptors (Lipinski definition) is 8. The van der Waals surface area contributed by atoms with Gasteiger partial charge in [-0.1, -0.05) is 29.9 Å². The largest absolute Gasteiger partial charge is 0.481 e. The van der Waals surface area contributed by atoms with Crippen molar-refractivity contribution in [3.8, 4) is 17.8 Å². The highest BCUT2D eigenvalue weighted by molar-refractivity contribution is 8.00. The van der Waals surface area contributed by atoms with Crippen molar-refractivity contribution in [2.75, 3.05) is 18.9 Å². The van der Waals surface area contributed by atoms with Crippen molar-refractivity contribution in [2.45, 2.75) is 28.1 Å². The number of nitrogens with zero attached hydrogens (tertiary/aromatic N) is 3. The lowest BCUT2D eigenvalue weighted by atomic mass is 10.2. The predicted octanol–water partition coefficient (Wildman–Crippen LogP) is 4.46. The Balaban J connectivity index is 2.03. The number of methoxy groups -OCH3 is 2. The van der Waals surface area contributed by atoms with E-state index in [0.717, 1.165) is 17.8 Å². The van der Waals surface area contributed by atoms with Crippen molar-refractivity contribution in [1.82, 2.24) is 15.0 Å². The number of fused-ring (bicyclic) bond motifs is 1. The van der Waals surface area contributed by atoms with E-state index < -0.39 is 15.5 Å². The van der Waals surface area contributed by atoms with Gasteiger partial charge in [0, 0.05) is 18.0 Å². The van der Waals surface area contributed by atoms with E-state index in [-0.39, 0.29) is 40.5 Å². The standard InChI is InChI=1S/C20H19ClFN5O4S2/c1-4-15(22)32-17-13(21)8-7-11-14(10-24-16(11)17)33(28,29)27-20-25-18(30-2)12(6-5-9-23)19(26-20)31-3/h4,7-8,10,15,24H,1,5-6H2,2-3H3,(H,25,26,27). The lowest BCUT2D eigenvalue weighted by molar-refractivity contribution is 0.364. The van der Waals surface area contributed by atoms with Gasteiger partial charge in [0.25, 0.3) is 10.0 Å². The molecule has 2 N–H and O–H groups in total. The van der Waals surface area contributed by atoms with Gasteiger partial charge in [-0.3, -0.25) is 0 Å². The van der Waals surface area contributed by atoms with Gasteiger partial charge in [-0.15, -0.1) is 0 Å². The van der Waals surface area contributed by atoms with Gasteiger partial charge in [0.15, 0.2) is 5.50 Å². The first-order chi connectivity index (χ1) is 15.7. The second-order valence-corrected chi connectivity index (χ2v) is 9.62. The zero-order valence-corrected chi connectivity index (χ0v) is 19.9. The molecule has 33 heavy (non-hydrogen) atoms. The van der Waals surface area contributed by atoms with Crippen LogP contribution in [0.1, 0.15) is 12.0 Å². The van der Waals surface area contributed by atoms with Crippen molar-refractivity contribution >= 4 is 50.2 Å². The Bertz CT molecular complexity index is 1320. The summed E-state index contributed by atoms with van der Waals surface area (Å²) in [7, 11) is -1.45. The van der Waals surface area contributed by atoms with E-state index >= 15 is 0 Å². The average Bonchev–Trinajstić information content (AvgIpc) is 3.24. The van der Waals surface area contributed by atoms with Crippen molar-refractivity contribution in [1.29, 1.82) is 5.26 Å². The van der Waals surface area contributed by atoms with Crippen LogP contribution in [0.25, 0.3) is 10.9 Å². The SMILES string of the molecule is C=CC(F)Sc1c(Cl)ccc2c(S(=O)(=O)Nc3nc(OC)c(CCC#N)c(OC)n3)c[nH]c12. The number of ether oxygens (including phenoxy) is 2. The third-order valence-corrected chi connectivity index (χ3v) is 7.33. The number of halogens is 2. The monoisotopic (exact) mass is 511 g/mol. The summed E-state index contributed by atoms with van der Waals surface area (Å²) in [6.07, 6.45) is 2.81. The zero-order valence-electron chi connectivity index (χ0n) is 17.6. The summed E-state index contributed by atoms with van der Waals surface area (Å²) in [5.41, 5.74) is -0.626. The molecule has 0 aliphatic carbocycles. The fraction of sp³-hybridized carbons (Fsp3) is 0.250. The lowest BCUT2D eigenvalue weighted by Gasteiger charge is -2.13. The van der Waals surface area contributed by atoms with Crippen LogP contribution in [-0.4, -0.2) is 43.1 Å². The molecule has 0 aliphatic heterocycles. The summed E-state index contributed by atoms with van der Waals surface area (Å²) in [6.45, 7) is 3.40. The minimum absolute atomic E-state index is 0.0811. The van der Waals surface area contributed by atoms with E-state index in [2.05, 4.69) is 26.3 Å². The topological polar surface area (TPSA) is 130 Å². The number of H-pyrrole nitrogens is 1. The fourth-order valence-electron chi connectivity index (χ4n) is 3.02. The summed E-state index contributed by atoms with van der Waals surface area (Å²) in [4.78, 5) is 11.3. The Hall–Kier alpha value is -3.01. The van der Waals surface area contributed by atoms with Crippen molar-refractivity contribution < 1.29 is 22.3 Å². The van der Waals surface area contributed by atoms with Crippen LogP contribution >= 0.6 is 23.4 Å². The molecule has 3 aromatic rings. The van der Waals surface area contributed by atoms with Crippen LogP contribution in [-0.2, 0) is 16.4 Å². The van der Waals surface area contributed by atoms with Crippen LogP contribution in [0.15, 0.2) is 40.8 Å². The molecule has 1 aromatic carbocycles. The van der Waals surface area contributed by atoms with Gasteiger partial charge in [-0.2, -0.15) is 15.2 Å². The van der Waals surface area contributed by atoms with E-state index in [9.17, 15) is 12.8 Å². The second kappa shape index (κ2) is 10.3.